The third kappa shape index (κ3) is 4.11. The van der Waals surface area contributed by atoms with Gasteiger partial charge in [-0.25, -0.2) is 0 Å². The highest BCUT2D eigenvalue weighted by Gasteiger charge is 2.27. The molecule has 4 heteroatoms. The standard InChI is InChI=1S/C28H30O4/c29-27(19-11-3-1-4-12-19)31-25-21-15-7-9-17-23(21)26(24-18-10-8-16-22(24)25)32-28(30)20-13-5-2-6-14-20/h7-10,15-20H,1-6,11-14H2. The lowest BCUT2D eigenvalue weighted by molar-refractivity contribution is -0.140. The number of benzene rings is 3. The molecule has 2 aliphatic rings. The van der Waals surface area contributed by atoms with Gasteiger partial charge in [0.25, 0.3) is 0 Å². The molecule has 2 aliphatic carbocycles. The van der Waals surface area contributed by atoms with Crippen molar-refractivity contribution in [3.8, 4) is 11.5 Å². The van der Waals surface area contributed by atoms with E-state index in [1.807, 2.05) is 48.5 Å². The highest BCUT2D eigenvalue weighted by molar-refractivity contribution is 6.12. The third-order valence-corrected chi connectivity index (χ3v) is 7.11. The minimum atomic E-state index is -0.146. The molecule has 5 rings (SSSR count). The zero-order chi connectivity index (χ0) is 21.9. The van der Waals surface area contributed by atoms with Crippen LogP contribution in [0.4, 0.5) is 0 Å². The van der Waals surface area contributed by atoms with Gasteiger partial charge in [-0.05, 0) is 25.7 Å². The maximum absolute atomic E-state index is 13.0. The zero-order valence-electron chi connectivity index (χ0n) is 18.5. The molecule has 0 atom stereocenters. The molecule has 0 bridgehead atoms. The van der Waals surface area contributed by atoms with Crippen molar-refractivity contribution in [1.29, 1.82) is 0 Å². The Morgan fingerprint density at radius 1 is 0.531 bits per heavy atom. The topological polar surface area (TPSA) is 52.6 Å². The molecule has 0 spiro atoms. The second kappa shape index (κ2) is 9.32. The summed E-state index contributed by atoms with van der Waals surface area (Å²) in [7, 11) is 0. The minimum Gasteiger partial charge on any atom is -0.425 e. The molecule has 4 nitrogen and oxygen atoms in total. The van der Waals surface area contributed by atoms with Crippen LogP contribution in [0.3, 0.4) is 0 Å². The molecule has 0 saturated heterocycles. The predicted octanol–water partition coefficient (Wildman–Crippen LogP) is 6.96. The monoisotopic (exact) mass is 430 g/mol. The van der Waals surface area contributed by atoms with Gasteiger partial charge in [-0.15, -0.1) is 0 Å². The Labute approximate surface area is 188 Å². The van der Waals surface area contributed by atoms with Crippen molar-refractivity contribution in [3.05, 3.63) is 48.5 Å². The Kier molecular flexibility index (Phi) is 6.11. The number of rotatable bonds is 4. The summed E-state index contributed by atoms with van der Waals surface area (Å²) in [6.45, 7) is 0. The molecule has 0 radical (unpaired) electrons. The van der Waals surface area contributed by atoms with Gasteiger partial charge in [0.15, 0.2) is 0 Å². The molecule has 0 aliphatic heterocycles. The van der Waals surface area contributed by atoms with Crippen molar-refractivity contribution in [3.63, 3.8) is 0 Å². The molecule has 0 unspecified atom stereocenters. The Balaban J connectivity index is 1.57. The Morgan fingerprint density at radius 3 is 1.16 bits per heavy atom. The first-order valence-corrected chi connectivity index (χ1v) is 12.1. The predicted molar refractivity (Wildman–Crippen MR) is 126 cm³/mol. The summed E-state index contributed by atoms with van der Waals surface area (Å²) < 4.78 is 12.2. The lowest BCUT2D eigenvalue weighted by Gasteiger charge is -2.23. The fraction of sp³-hybridized carbons (Fsp3) is 0.429. The van der Waals surface area contributed by atoms with Crippen molar-refractivity contribution >= 4 is 33.5 Å². The number of carbonyl (C=O) groups is 2. The quantitative estimate of drug-likeness (QED) is 0.255. The Morgan fingerprint density at radius 2 is 0.844 bits per heavy atom. The van der Waals surface area contributed by atoms with Crippen LogP contribution in [0.15, 0.2) is 48.5 Å². The minimum absolute atomic E-state index is 0.0370. The second-order valence-electron chi connectivity index (χ2n) is 9.26. The molecular weight excluding hydrogens is 400 g/mol. The van der Waals surface area contributed by atoms with Crippen LogP contribution >= 0.6 is 0 Å². The van der Waals surface area contributed by atoms with Crippen LogP contribution in [-0.4, -0.2) is 11.9 Å². The summed E-state index contributed by atoms with van der Waals surface area (Å²) >= 11 is 0. The molecule has 32 heavy (non-hydrogen) atoms. The fourth-order valence-electron chi connectivity index (χ4n) is 5.31. The van der Waals surface area contributed by atoms with E-state index in [-0.39, 0.29) is 23.8 Å². The van der Waals surface area contributed by atoms with Crippen LogP contribution in [0, 0.1) is 11.8 Å². The Hall–Kier alpha value is -2.88. The highest BCUT2D eigenvalue weighted by atomic mass is 16.5. The second-order valence-corrected chi connectivity index (χ2v) is 9.26. The van der Waals surface area contributed by atoms with E-state index >= 15 is 0 Å². The Bertz CT molecular complexity index is 990. The molecule has 3 aromatic rings. The van der Waals surface area contributed by atoms with E-state index in [9.17, 15) is 9.59 Å². The molecule has 0 aromatic heterocycles. The van der Waals surface area contributed by atoms with Gasteiger partial charge in [0.2, 0.25) is 0 Å². The molecule has 0 heterocycles. The molecule has 0 amide bonds. The average Bonchev–Trinajstić information content (AvgIpc) is 2.86. The van der Waals surface area contributed by atoms with E-state index in [4.69, 9.17) is 9.47 Å². The van der Waals surface area contributed by atoms with Crippen LogP contribution in [0.2, 0.25) is 0 Å². The van der Waals surface area contributed by atoms with Gasteiger partial charge >= 0.3 is 11.9 Å². The van der Waals surface area contributed by atoms with Crippen molar-refractivity contribution in [2.45, 2.75) is 64.2 Å². The lowest BCUT2D eigenvalue weighted by Crippen LogP contribution is -2.23. The smallest absolute Gasteiger partial charge is 0.314 e. The van der Waals surface area contributed by atoms with Gasteiger partial charge in [0, 0.05) is 21.5 Å². The number of fused-ring (bicyclic) bond motifs is 2. The number of ether oxygens (including phenoxy) is 2. The van der Waals surface area contributed by atoms with E-state index in [1.165, 1.54) is 12.8 Å². The average molecular weight is 431 g/mol. The molecule has 2 fully saturated rings. The summed E-state index contributed by atoms with van der Waals surface area (Å²) in [4.78, 5) is 26.0. The van der Waals surface area contributed by atoms with Gasteiger partial charge in [0.05, 0.1) is 11.8 Å². The maximum atomic E-state index is 13.0. The van der Waals surface area contributed by atoms with Gasteiger partial charge in [-0.2, -0.15) is 0 Å². The van der Waals surface area contributed by atoms with Crippen LogP contribution in [0.1, 0.15) is 64.2 Å². The van der Waals surface area contributed by atoms with Gasteiger partial charge in [-0.1, -0.05) is 87.1 Å². The summed E-state index contributed by atoms with van der Waals surface area (Å²) in [5.74, 6) is 0.780. The van der Waals surface area contributed by atoms with Gasteiger partial charge < -0.3 is 9.47 Å². The van der Waals surface area contributed by atoms with Crippen molar-refractivity contribution in [2.24, 2.45) is 11.8 Å². The normalized spacial score (nSPS) is 18.0. The van der Waals surface area contributed by atoms with E-state index in [0.717, 1.165) is 72.9 Å². The van der Waals surface area contributed by atoms with Crippen LogP contribution < -0.4 is 9.47 Å². The summed E-state index contributed by atoms with van der Waals surface area (Å²) in [5, 5.41) is 3.23. The lowest BCUT2D eigenvalue weighted by atomic mass is 9.89. The third-order valence-electron chi connectivity index (χ3n) is 7.11. The number of hydrogen-bond acceptors (Lipinski definition) is 4. The van der Waals surface area contributed by atoms with Crippen LogP contribution in [0.5, 0.6) is 11.5 Å². The first-order valence-electron chi connectivity index (χ1n) is 12.1. The highest BCUT2D eigenvalue weighted by Crippen LogP contribution is 2.43. The fourth-order valence-corrected chi connectivity index (χ4v) is 5.31. The molecule has 166 valence electrons. The van der Waals surface area contributed by atoms with E-state index in [1.54, 1.807) is 0 Å². The summed E-state index contributed by atoms with van der Waals surface area (Å²) in [6.07, 6.45) is 10.3. The van der Waals surface area contributed by atoms with E-state index < -0.39 is 0 Å². The number of hydrogen-bond donors (Lipinski definition) is 0. The van der Waals surface area contributed by atoms with E-state index in [0.29, 0.717) is 11.5 Å². The van der Waals surface area contributed by atoms with Crippen molar-refractivity contribution in [1.82, 2.24) is 0 Å². The SMILES string of the molecule is O=C(Oc1c2ccccc2c(OC(=O)C2CCCCC2)c2ccccc12)C1CCCCC1. The maximum Gasteiger partial charge on any atom is 0.314 e. The molecular formula is C28H30O4. The van der Waals surface area contributed by atoms with Crippen molar-refractivity contribution in [2.75, 3.05) is 0 Å². The van der Waals surface area contributed by atoms with Gasteiger partial charge in [-0.3, -0.25) is 9.59 Å². The summed E-state index contributed by atoms with van der Waals surface area (Å²) in [6, 6.07) is 15.5. The molecule has 3 aromatic carbocycles. The van der Waals surface area contributed by atoms with Gasteiger partial charge in [0.1, 0.15) is 11.5 Å². The number of carbonyl (C=O) groups excluding carboxylic acids is 2. The van der Waals surface area contributed by atoms with Crippen LogP contribution in [-0.2, 0) is 9.59 Å². The van der Waals surface area contributed by atoms with Crippen LogP contribution in [0.25, 0.3) is 21.5 Å². The largest absolute Gasteiger partial charge is 0.425 e. The summed E-state index contributed by atoms with van der Waals surface area (Å²) in [5.41, 5.74) is 0. The molecule has 2 saturated carbocycles. The van der Waals surface area contributed by atoms with E-state index in [2.05, 4.69) is 0 Å². The first kappa shape index (κ1) is 21.0. The zero-order valence-corrected chi connectivity index (χ0v) is 18.5. The molecule has 0 N–H and O–H groups in total. The van der Waals surface area contributed by atoms with Crippen molar-refractivity contribution < 1.29 is 19.1 Å². The first-order chi connectivity index (χ1) is 15.7. The number of esters is 2.